The third-order valence-corrected chi connectivity index (χ3v) is 6.92. The first-order valence-corrected chi connectivity index (χ1v) is 12.7. The SMILES string of the molecule is Clc1cc2oc3cccc(-c4nc(-c5ccccc5)nc(-c5ccccc5)n4)c3c2cc1-c1ccccc1. The summed E-state index contributed by atoms with van der Waals surface area (Å²) in [6.45, 7) is 0. The van der Waals surface area contributed by atoms with Crippen molar-refractivity contribution in [3.8, 4) is 45.3 Å². The zero-order valence-electron chi connectivity index (χ0n) is 20.2. The maximum atomic E-state index is 6.71. The van der Waals surface area contributed by atoms with Gasteiger partial charge in [-0.25, -0.2) is 15.0 Å². The van der Waals surface area contributed by atoms with E-state index in [1.54, 1.807) is 0 Å². The molecule has 0 aliphatic carbocycles. The van der Waals surface area contributed by atoms with Crippen LogP contribution in [0.4, 0.5) is 0 Å². The van der Waals surface area contributed by atoms with Gasteiger partial charge in [0.2, 0.25) is 0 Å². The molecule has 5 aromatic carbocycles. The van der Waals surface area contributed by atoms with Gasteiger partial charge in [0, 0.05) is 39.1 Å². The van der Waals surface area contributed by atoms with E-state index in [2.05, 4.69) is 18.2 Å². The summed E-state index contributed by atoms with van der Waals surface area (Å²) in [6.07, 6.45) is 0. The molecule has 180 valence electrons. The summed E-state index contributed by atoms with van der Waals surface area (Å²) in [4.78, 5) is 14.7. The Morgan fingerprint density at radius 2 is 1.03 bits per heavy atom. The number of halogens is 1. The predicted octanol–water partition coefficient (Wildman–Crippen LogP) is 9.09. The molecule has 5 heteroatoms. The first kappa shape index (κ1) is 22.4. The van der Waals surface area contributed by atoms with Gasteiger partial charge in [-0.3, -0.25) is 0 Å². The molecular formula is C33H20ClN3O. The van der Waals surface area contributed by atoms with Gasteiger partial charge in [-0.2, -0.15) is 0 Å². The molecule has 0 saturated carbocycles. The summed E-state index contributed by atoms with van der Waals surface area (Å²) in [5.74, 6) is 1.82. The second-order valence-electron chi connectivity index (χ2n) is 9.01. The fraction of sp³-hybridized carbons (Fsp3) is 0. The summed E-state index contributed by atoms with van der Waals surface area (Å²) in [7, 11) is 0. The topological polar surface area (TPSA) is 51.8 Å². The van der Waals surface area contributed by atoms with Crippen LogP contribution in [0.3, 0.4) is 0 Å². The molecule has 0 fully saturated rings. The van der Waals surface area contributed by atoms with Gasteiger partial charge in [-0.05, 0) is 17.7 Å². The molecule has 0 spiro atoms. The van der Waals surface area contributed by atoms with Crippen LogP contribution in [0.1, 0.15) is 0 Å². The Labute approximate surface area is 224 Å². The van der Waals surface area contributed by atoms with Gasteiger partial charge < -0.3 is 4.42 Å². The monoisotopic (exact) mass is 509 g/mol. The number of aromatic nitrogens is 3. The van der Waals surface area contributed by atoms with Gasteiger partial charge >= 0.3 is 0 Å². The van der Waals surface area contributed by atoms with E-state index in [1.165, 1.54) is 0 Å². The highest BCUT2D eigenvalue weighted by Gasteiger charge is 2.19. The molecule has 0 bridgehead atoms. The normalized spacial score (nSPS) is 11.3. The summed E-state index contributed by atoms with van der Waals surface area (Å²) in [5, 5.41) is 2.55. The molecule has 0 saturated heterocycles. The number of fused-ring (bicyclic) bond motifs is 3. The third kappa shape index (κ3) is 3.92. The van der Waals surface area contributed by atoms with Crippen molar-refractivity contribution in [1.82, 2.24) is 15.0 Å². The first-order chi connectivity index (χ1) is 18.7. The highest BCUT2D eigenvalue weighted by molar-refractivity contribution is 6.34. The number of hydrogen-bond acceptors (Lipinski definition) is 4. The Hall–Kier alpha value is -4.80. The lowest BCUT2D eigenvalue weighted by molar-refractivity contribution is 0.669. The number of benzene rings is 5. The van der Waals surface area contributed by atoms with Gasteiger partial charge in [0.05, 0.1) is 5.02 Å². The molecule has 0 N–H and O–H groups in total. The zero-order valence-corrected chi connectivity index (χ0v) is 20.9. The van der Waals surface area contributed by atoms with E-state index in [4.69, 9.17) is 31.0 Å². The van der Waals surface area contributed by atoms with Crippen molar-refractivity contribution >= 4 is 33.5 Å². The van der Waals surface area contributed by atoms with Gasteiger partial charge in [0.25, 0.3) is 0 Å². The van der Waals surface area contributed by atoms with E-state index < -0.39 is 0 Å². The van der Waals surface area contributed by atoms with Gasteiger partial charge in [0.15, 0.2) is 17.5 Å². The van der Waals surface area contributed by atoms with Crippen molar-refractivity contribution in [3.05, 3.63) is 126 Å². The van der Waals surface area contributed by atoms with E-state index in [9.17, 15) is 0 Å². The fourth-order valence-corrected chi connectivity index (χ4v) is 5.06. The van der Waals surface area contributed by atoms with Crippen molar-refractivity contribution in [3.63, 3.8) is 0 Å². The minimum Gasteiger partial charge on any atom is -0.456 e. The lowest BCUT2D eigenvalue weighted by atomic mass is 10.0. The number of furan rings is 1. The average Bonchev–Trinajstić information content (AvgIpc) is 3.35. The van der Waals surface area contributed by atoms with Crippen LogP contribution in [0.25, 0.3) is 67.2 Å². The minimum atomic E-state index is 0.585. The molecule has 0 unspecified atom stereocenters. The smallest absolute Gasteiger partial charge is 0.164 e. The molecule has 2 heterocycles. The number of nitrogens with zero attached hydrogens (tertiary/aromatic N) is 3. The van der Waals surface area contributed by atoms with Crippen LogP contribution in [-0.4, -0.2) is 15.0 Å². The molecule has 0 aliphatic rings. The van der Waals surface area contributed by atoms with Crippen molar-refractivity contribution in [2.45, 2.75) is 0 Å². The molecule has 4 nitrogen and oxygen atoms in total. The van der Waals surface area contributed by atoms with Gasteiger partial charge in [-0.1, -0.05) is 115 Å². The standard InChI is InChI=1S/C33H20ClN3O/c34-27-20-29-26(19-25(27)21-11-4-1-5-12-21)30-24(17-10-18-28(30)38-29)33-36-31(22-13-6-2-7-14-22)35-32(37-33)23-15-8-3-9-16-23/h1-20H. The quantitative estimate of drug-likeness (QED) is 0.237. The summed E-state index contributed by atoms with van der Waals surface area (Å²) < 4.78 is 6.26. The van der Waals surface area contributed by atoms with Crippen LogP contribution >= 0.6 is 11.6 Å². The molecule has 0 amide bonds. The van der Waals surface area contributed by atoms with Gasteiger partial charge in [-0.15, -0.1) is 0 Å². The average molecular weight is 510 g/mol. The lowest BCUT2D eigenvalue weighted by Gasteiger charge is -2.09. The Morgan fingerprint density at radius 1 is 0.474 bits per heavy atom. The zero-order chi connectivity index (χ0) is 25.5. The van der Waals surface area contributed by atoms with Crippen LogP contribution < -0.4 is 0 Å². The fourth-order valence-electron chi connectivity index (χ4n) is 4.80. The van der Waals surface area contributed by atoms with Crippen LogP contribution in [0, 0.1) is 0 Å². The lowest BCUT2D eigenvalue weighted by Crippen LogP contribution is -2.00. The minimum absolute atomic E-state index is 0.585. The van der Waals surface area contributed by atoms with Crippen molar-refractivity contribution < 1.29 is 4.42 Å². The Balaban J connectivity index is 1.50. The van der Waals surface area contributed by atoms with E-state index in [1.807, 2.05) is 103 Å². The van der Waals surface area contributed by atoms with Crippen LogP contribution in [0.5, 0.6) is 0 Å². The summed E-state index contributed by atoms with van der Waals surface area (Å²) >= 11 is 6.71. The molecule has 0 atom stereocenters. The third-order valence-electron chi connectivity index (χ3n) is 6.61. The van der Waals surface area contributed by atoms with Crippen LogP contribution in [0.2, 0.25) is 5.02 Å². The van der Waals surface area contributed by atoms with Crippen LogP contribution in [-0.2, 0) is 0 Å². The summed E-state index contributed by atoms with van der Waals surface area (Å²) in [5.41, 5.74) is 6.19. The Morgan fingerprint density at radius 3 is 1.63 bits per heavy atom. The maximum Gasteiger partial charge on any atom is 0.164 e. The molecule has 7 aromatic rings. The highest BCUT2D eigenvalue weighted by atomic mass is 35.5. The molecule has 2 aromatic heterocycles. The highest BCUT2D eigenvalue weighted by Crippen LogP contribution is 2.40. The van der Waals surface area contributed by atoms with Crippen molar-refractivity contribution in [1.29, 1.82) is 0 Å². The molecule has 0 aliphatic heterocycles. The number of rotatable bonds is 4. The van der Waals surface area contributed by atoms with Crippen molar-refractivity contribution in [2.75, 3.05) is 0 Å². The van der Waals surface area contributed by atoms with E-state index >= 15 is 0 Å². The van der Waals surface area contributed by atoms with E-state index in [-0.39, 0.29) is 0 Å². The Kier molecular flexibility index (Phi) is 5.46. The largest absolute Gasteiger partial charge is 0.456 e. The van der Waals surface area contributed by atoms with E-state index in [0.29, 0.717) is 22.5 Å². The molecule has 38 heavy (non-hydrogen) atoms. The molecule has 7 rings (SSSR count). The molecular weight excluding hydrogens is 490 g/mol. The van der Waals surface area contributed by atoms with Gasteiger partial charge in [0.1, 0.15) is 11.2 Å². The Bertz CT molecular complexity index is 1860. The van der Waals surface area contributed by atoms with E-state index in [0.717, 1.165) is 49.8 Å². The maximum absolute atomic E-state index is 6.71. The van der Waals surface area contributed by atoms with Crippen molar-refractivity contribution in [2.24, 2.45) is 0 Å². The first-order valence-electron chi connectivity index (χ1n) is 12.3. The van der Waals surface area contributed by atoms with Crippen LogP contribution in [0.15, 0.2) is 126 Å². The summed E-state index contributed by atoms with van der Waals surface area (Å²) in [6, 6.07) is 40.0. The predicted molar refractivity (Wildman–Crippen MR) is 154 cm³/mol. The second kappa shape index (κ2) is 9.25. The number of hydrogen-bond donors (Lipinski definition) is 0. The molecule has 0 radical (unpaired) electrons. The second-order valence-corrected chi connectivity index (χ2v) is 9.42.